The van der Waals surface area contributed by atoms with Crippen molar-refractivity contribution in [1.82, 2.24) is 0 Å². The van der Waals surface area contributed by atoms with E-state index < -0.39 is 6.10 Å². The molecule has 1 unspecified atom stereocenters. The minimum atomic E-state index is -0.425. The van der Waals surface area contributed by atoms with E-state index in [2.05, 4.69) is 6.07 Å². The van der Waals surface area contributed by atoms with E-state index >= 15 is 0 Å². The third kappa shape index (κ3) is 2.07. The third-order valence-electron chi connectivity index (χ3n) is 2.43. The fourth-order valence-electron chi connectivity index (χ4n) is 1.74. The van der Waals surface area contributed by atoms with E-state index in [9.17, 15) is 5.11 Å². The van der Waals surface area contributed by atoms with Crippen LogP contribution in [0.25, 0.3) is 0 Å². The van der Waals surface area contributed by atoms with Crippen LogP contribution >= 0.6 is 0 Å². The van der Waals surface area contributed by atoms with Gasteiger partial charge in [0.2, 0.25) is 0 Å². The summed E-state index contributed by atoms with van der Waals surface area (Å²) in [5.74, 6) is 0.789. The van der Waals surface area contributed by atoms with Gasteiger partial charge in [0.15, 0.2) is 0 Å². The summed E-state index contributed by atoms with van der Waals surface area (Å²) in [7, 11) is 1.64. The molecule has 0 saturated carbocycles. The second-order valence-electron chi connectivity index (χ2n) is 3.62. The van der Waals surface area contributed by atoms with Gasteiger partial charge in [0, 0.05) is 5.56 Å². The molecule has 0 saturated heterocycles. The number of methoxy groups -OCH3 is 1. The van der Waals surface area contributed by atoms with Crippen LogP contribution in [0, 0.1) is 13.8 Å². The second kappa shape index (κ2) is 4.47. The predicted octanol–water partition coefficient (Wildman–Crippen LogP) is 2.76. The Morgan fingerprint density at radius 3 is 2.50 bits per heavy atom. The molecule has 1 aromatic rings. The SMILES string of the molecule is CCC(O)c1c(C)cc(C)cc1OC. The maximum absolute atomic E-state index is 9.83. The number of aliphatic hydroxyl groups excluding tert-OH is 1. The van der Waals surface area contributed by atoms with Crippen LogP contribution < -0.4 is 4.74 Å². The molecule has 0 amide bonds. The first-order chi connectivity index (χ1) is 6.60. The van der Waals surface area contributed by atoms with Gasteiger partial charge in [-0.2, -0.15) is 0 Å². The first kappa shape index (κ1) is 11.1. The lowest BCUT2D eigenvalue weighted by molar-refractivity contribution is 0.168. The summed E-state index contributed by atoms with van der Waals surface area (Å²) in [5.41, 5.74) is 3.17. The first-order valence-corrected chi connectivity index (χ1v) is 4.93. The van der Waals surface area contributed by atoms with E-state index in [1.165, 1.54) is 0 Å². The molecule has 1 N–H and O–H groups in total. The number of aryl methyl sites for hydroxylation is 2. The van der Waals surface area contributed by atoms with Gasteiger partial charge in [0.1, 0.15) is 5.75 Å². The van der Waals surface area contributed by atoms with Crippen LogP contribution in [0.2, 0.25) is 0 Å². The number of benzene rings is 1. The van der Waals surface area contributed by atoms with Crippen molar-refractivity contribution in [2.45, 2.75) is 33.3 Å². The van der Waals surface area contributed by atoms with Gasteiger partial charge < -0.3 is 9.84 Å². The van der Waals surface area contributed by atoms with Crippen molar-refractivity contribution in [1.29, 1.82) is 0 Å². The summed E-state index contributed by atoms with van der Waals surface area (Å²) in [6, 6.07) is 4.03. The molecule has 1 aromatic carbocycles. The average Bonchev–Trinajstić information content (AvgIpc) is 2.15. The van der Waals surface area contributed by atoms with Crippen molar-refractivity contribution in [3.05, 3.63) is 28.8 Å². The van der Waals surface area contributed by atoms with Gasteiger partial charge in [0.25, 0.3) is 0 Å². The van der Waals surface area contributed by atoms with E-state index in [1.807, 2.05) is 26.8 Å². The monoisotopic (exact) mass is 194 g/mol. The Balaban J connectivity index is 3.24. The molecular formula is C12H18O2. The third-order valence-corrected chi connectivity index (χ3v) is 2.43. The Bertz CT molecular complexity index is 318. The molecule has 1 rings (SSSR count). The lowest BCUT2D eigenvalue weighted by Crippen LogP contribution is -2.02. The lowest BCUT2D eigenvalue weighted by atomic mass is 9.98. The van der Waals surface area contributed by atoms with Gasteiger partial charge in [0.05, 0.1) is 13.2 Å². The molecule has 0 radical (unpaired) electrons. The van der Waals surface area contributed by atoms with Gasteiger partial charge in [-0.05, 0) is 37.5 Å². The Kier molecular flexibility index (Phi) is 3.53. The highest BCUT2D eigenvalue weighted by Crippen LogP contribution is 2.31. The number of hydrogen-bond donors (Lipinski definition) is 1. The minimum absolute atomic E-state index is 0.425. The molecule has 0 aliphatic heterocycles. The molecule has 0 aliphatic carbocycles. The lowest BCUT2D eigenvalue weighted by Gasteiger charge is -2.16. The molecule has 78 valence electrons. The Morgan fingerprint density at radius 1 is 1.36 bits per heavy atom. The van der Waals surface area contributed by atoms with Crippen LogP contribution in [0.15, 0.2) is 12.1 Å². The maximum atomic E-state index is 9.83. The average molecular weight is 194 g/mol. The highest BCUT2D eigenvalue weighted by Gasteiger charge is 2.14. The van der Waals surface area contributed by atoms with E-state index in [0.717, 1.165) is 22.4 Å². The molecule has 2 nitrogen and oxygen atoms in total. The van der Waals surface area contributed by atoms with E-state index in [4.69, 9.17) is 4.74 Å². The number of ether oxygens (including phenoxy) is 1. The van der Waals surface area contributed by atoms with Crippen molar-refractivity contribution in [3.8, 4) is 5.75 Å². The fourth-order valence-corrected chi connectivity index (χ4v) is 1.74. The van der Waals surface area contributed by atoms with Crippen molar-refractivity contribution >= 4 is 0 Å². The molecule has 0 aliphatic rings. The Labute approximate surface area is 85.5 Å². The largest absolute Gasteiger partial charge is 0.496 e. The number of hydrogen-bond acceptors (Lipinski definition) is 2. The van der Waals surface area contributed by atoms with Crippen LogP contribution in [-0.2, 0) is 0 Å². The minimum Gasteiger partial charge on any atom is -0.496 e. The highest BCUT2D eigenvalue weighted by molar-refractivity contribution is 5.44. The van der Waals surface area contributed by atoms with Gasteiger partial charge in [-0.1, -0.05) is 13.0 Å². The Morgan fingerprint density at radius 2 is 2.00 bits per heavy atom. The zero-order chi connectivity index (χ0) is 10.7. The highest BCUT2D eigenvalue weighted by atomic mass is 16.5. The summed E-state index contributed by atoms with van der Waals surface area (Å²) in [6.07, 6.45) is 0.283. The fraction of sp³-hybridized carbons (Fsp3) is 0.500. The normalized spacial score (nSPS) is 12.6. The van der Waals surface area contributed by atoms with E-state index in [1.54, 1.807) is 7.11 Å². The second-order valence-corrected chi connectivity index (χ2v) is 3.62. The molecule has 0 aromatic heterocycles. The van der Waals surface area contributed by atoms with Gasteiger partial charge >= 0.3 is 0 Å². The molecule has 0 spiro atoms. The maximum Gasteiger partial charge on any atom is 0.125 e. The molecule has 0 fully saturated rings. The van der Waals surface area contributed by atoms with E-state index in [-0.39, 0.29) is 0 Å². The predicted molar refractivity (Wildman–Crippen MR) is 57.7 cm³/mol. The molecule has 14 heavy (non-hydrogen) atoms. The molecular weight excluding hydrogens is 176 g/mol. The number of aliphatic hydroxyl groups is 1. The van der Waals surface area contributed by atoms with Crippen molar-refractivity contribution in [3.63, 3.8) is 0 Å². The van der Waals surface area contributed by atoms with Gasteiger partial charge in [-0.25, -0.2) is 0 Å². The zero-order valence-corrected chi connectivity index (χ0v) is 9.29. The first-order valence-electron chi connectivity index (χ1n) is 4.93. The summed E-state index contributed by atoms with van der Waals surface area (Å²) in [6.45, 7) is 5.99. The van der Waals surface area contributed by atoms with Gasteiger partial charge in [-0.15, -0.1) is 0 Å². The van der Waals surface area contributed by atoms with Crippen LogP contribution in [0.3, 0.4) is 0 Å². The summed E-state index contributed by atoms with van der Waals surface area (Å²) in [4.78, 5) is 0. The topological polar surface area (TPSA) is 29.5 Å². The molecule has 0 heterocycles. The molecule has 2 heteroatoms. The molecule has 1 atom stereocenters. The van der Waals surface area contributed by atoms with Gasteiger partial charge in [-0.3, -0.25) is 0 Å². The zero-order valence-electron chi connectivity index (χ0n) is 9.29. The van der Waals surface area contributed by atoms with Crippen LogP contribution in [0.5, 0.6) is 5.75 Å². The van der Waals surface area contributed by atoms with Crippen molar-refractivity contribution in [2.75, 3.05) is 7.11 Å². The summed E-state index contributed by atoms with van der Waals surface area (Å²) in [5, 5.41) is 9.83. The Hall–Kier alpha value is -1.02. The standard InChI is InChI=1S/C12H18O2/c1-5-10(13)12-9(3)6-8(2)7-11(12)14-4/h6-7,10,13H,5H2,1-4H3. The quantitative estimate of drug-likeness (QED) is 0.801. The van der Waals surface area contributed by atoms with Crippen LogP contribution in [0.4, 0.5) is 0 Å². The van der Waals surface area contributed by atoms with Crippen molar-refractivity contribution in [2.24, 2.45) is 0 Å². The molecule has 0 bridgehead atoms. The smallest absolute Gasteiger partial charge is 0.125 e. The van der Waals surface area contributed by atoms with E-state index in [0.29, 0.717) is 6.42 Å². The number of rotatable bonds is 3. The van der Waals surface area contributed by atoms with Crippen LogP contribution in [0.1, 0.15) is 36.1 Å². The van der Waals surface area contributed by atoms with Crippen LogP contribution in [-0.4, -0.2) is 12.2 Å². The summed E-state index contributed by atoms with van der Waals surface area (Å²) >= 11 is 0. The van der Waals surface area contributed by atoms with Crippen molar-refractivity contribution < 1.29 is 9.84 Å². The summed E-state index contributed by atoms with van der Waals surface area (Å²) < 4.78 is 5.27.